The number of carbonyl (C=O) groups excluding carboxylic acids is 1. The third-order valence-corrected chi connectivity index (χ3v) is 8.73. The molecule has 0 aliphatic carbocycles. The lowest BCUT2D eigenvalue weighted by Gasteiger charge is -2.24. The number of carbonyl (C=O) groups is 1. The standard InChI is InChI=1S/C28H26BrClN4O3S/c1-19-9-12-25(16-27(19)30)33(38(36,37)26-7-5-4-6-8-26)18-28(35)32-31-17-22-15-20(2)34(21(22)3)24-13-10-23(29)11-14-24/h4-17H,18H2,1-3H3,(H,32,35)/b31-17-. The van der Waals surface area contributed by atoms with Crippen LogP contribution in [0.25, 0.3) is 5.69 Å². The molecule has 4 aromatic rings. The van der Waals surface area contributed by atoms with E-state index < -0.39 is 22.5 Å². The summed E-state index contributed by atoms with van der Waals surface area (Å²) in [6, 6.07) is 22.7. The van der Waals surface area contributed by atoms with Crippen LogP contribution in [0, 0.1) is 20.8 Å². The Morgan fingerprint density at radius 3 is 2.37 bits per heavy atom. The number of aryl methyl sites for hydroxylation is 2. The van der Waals surface area contributed by atoms with Gasteiger partial charge in [-0.25, -0.2) is 13.8 Å². The molecule has 4 rings (SSSR count). The normalized spacial score (nSPS) is 11.6. The minimum absolute atomic E-state index is 0.0633. The summed E-state index contributed by atoms with van der Waals surface area (Å²) in [6.07, 6.45) is 1.55. The predicted octanol–water partition coefficient (Wildman–Crippen LogP) is 6.16. The summed E-state index contributed by atoms with van der Waals surface area (Å²) in [7, 11) is -4.04. The molecule has 0 bridgehead atoms. The molecule has 1 aromatic heterocycles. The number of hydrazone groups is 1. The van der Waals surface area contributed by atoms with Gasteiger partial charge < -0.3 is 4.57 Å². The van der Waals surface area contributed by atoms with Crippen LogP contribution in [0.1, 0.15) is 22.5 Å². The minimum Gasteiger partial charge on any atom is -0.318 e. The van der Waals surface area contributed by atoms with E-state index in [1.165, 1.54) is 18.2 Å². The van der Waals surface area contributed by atoms with Crippen molar-refractivity contribution in [2.45, 2.75) is 25.7 Å². The molecule has 3 aromatic carbocycles. The number of nitrogens with one attached hydrogen (secondary N) is 1. The first-order valence-corrected chi connectivity index (χ1v) is 14.3. The summed E-state index contributed by atoms with van der Waals surface area (Å²) in [4.78, 5) is 12.9. The molecule has 0 aliphatic heterocycles. The number of sulfonamides is 1. The molecule has 0 aliphatic rings. The van der Waals surface area contributed by atoms with E-state index in [0.29, 0.717) is 5.02 Å². The van der Waals surface area contributed by atoms with Crippen molar-refractivity contribution in [3.8, 4) is 5.69 Å². The Bertz CT molecular complexity index is 1600. The van der Waals surface area contributed by atoms with Crippen molar-refractivity contribution in [1.29, 1.82) is 0 Å². The second-order valence-electron chi connectivity index (χ2n) is 8.69. The van der Waals surface area contributed by atoms with Gasteiger partial charge in [-0.05, 0) is 80.9 Å². The smallest absolute Gasteiger partial charge is 0.264 e. The van der Waals surface area contributed by atoms with Gasteiger partial charge in [0.05, 0.1) is 16.8 Å². The highest BCUT2D eigenvalue weighted by Gasteiger charge is 2.27. The number of amides is 1. The van der Waals surface area contributed by atoms with Crippen LogP contribution >= 0.6 is 27.5 Å². The van der Waals surface area contributed by atoms with Gasteiger partial charge in [0.2, 0.25) is 0 Å². The number of aromatic nitrogens is 1. The van der Waals surface area contributed by atoms with E-state index in [9.17, 15) is 13.2 Å². The van der Waals surface area contributed by atoms with Gasteiger partial charge in [-0.1, -0.05) is 51.8 Å². The lowest BCUT2D eigenvalue weighted by atomic mass is 10.2. The van der Waals surface area contributed by atoms with Crippen LogP contribution in [-0.2, 0) is 14.8 Å². The number of hydrogen-bond donors (Lipinski definition) is 1. The number of halogens is 2. The van der Waals surface area contributed by atoms with Gasteiger partial charge >= 0.3 is 0 Å². The first-order chi connectivity index (χ1) is 18.1. The van der Waals surface area contributed by atoms with Crippen LogP contribution in [0.5, 0.6) is 0 Å². The topological polar surface area (TPSA) is 83.8 Å². The van der Waals surface area contributed by atoms with Gasteiger partial charge in [0.25, 0.3) is 15.9 Å². The lowest BCUT2D eigenvalue weighted by molar-refractivity contribution is -0.119. The molecule has 0 unspecified atom stereocenters. The fourth-order valence-electron chi connectivity index (χ4n) is 4.02. The highest BCUT2D eigenvalue weighted by atomic mass is 79.9. The molecule has 0 saturated carbocycles. The maximum atomic E-state index is 13.5. The summed E-state index contributed by atoms with van der Waals surface area (Å²) in [6.45, 7) is 5.29. The molecule has 1 N–H and O–H groups in total. The largest absolute Gasteiger partial charge is 0.318 e. The van der Waals surface area contributed by atoms with E-state index in [4.69, 9.17) is 11.6 Å². The molecule has 1 heterocycles. The molecular formula is C28H26BrClN4O3S. The van der Waals surface area contributed by atoms with Crippen LogP contribution in [0.15, 0.2) is 93.3 Å². The second-order valence-corrected chi connectivity index (χ2v) is 11.9. The van der Waals surface area contributed by atoms with E-state index in [-0.39, 0.29) is 10.6 Å². The minimum atomic E-state index is -4.04. The molecule has 0 saturated heterocycles. The monoisotopic (exact) mass is 612 g/mol. The number of nitrogens with zero attached hydrogens (tertiary/aromatic N) is 3. The molecule has 38 heavy (non-hydrogen) atoms. The number of anilines is 1. The summed E-state index contributed by atoms with van der Waals surface area (Å²) < 4.78 is 31.0. The number of hydrogen-bond acceptors (Lipinski definition) is 4. The quantitative estimate of drug-likeness (QED) is 0.191. The summed E-state index contributed by atoms with van der Waals surface area (Å²) >= 11 is 9.73. The van der Waals surface area contributed by atoms with Crippen molar-refractivity contribution in [1.82, 2.24) is 9.99 Å². The average Bonchev–Trinajstić information content (AvgIpc) is 3.18. The van der Waals surface area contributed by atoms with Crippen molar-refractivity contribution >= 4 is 55.4 Å². The Hall–Kier alpha value is -3.40. The van der Waals surface area contributed by atoms with Gasteiger partial charge in [0, 0.05) is 32.1 Å². The van der Waals surface area contributed by atoms with Gasteiger partial charge in [-0.3, -0.25) is 9.10 Å². The van der Waals surface area contributed by atoms with Gasteiger partial charge in [-0.2, -0.15) is 5.10 Å². The third kappa shape index (κ3) is 6.01. The van der Waals surface area contributed by atoms with Gasteiger partial charge in [0.15, 0.2) is 0 Å². The maximum absolute atomic E-state index is 13.5. The van der Waals surface area contributed by atoms with Crippen LogP contribution in [0.2, 0.25) is 5.02 Å². The lowest BCUT2D eigenvalue weighted by Crippen LogP contribution is -2.39. The Labute approximate surface area is 235 Å². The Morgan fingerprint density at radius 2 is 1.71 bits per heavy atom. The van der Waals surface area contributed by atoms with E-state index in [0.717, 1.165) is 37.0 Å². The fourth-order valence-corrected chi connectivity index (χ4v) is 5.89. The molecule has 10 heteroatoms. The molecule has 0 atom stereocenters. The van der Waals surface area contributed by atoms with Crippen LogP contribution in [-0.4, -0.2) is 31.7 Å². The van der Waals surface area contributed by atoms with Crippen LogP contribution < -0.4 is 9.73 Å². The zero-order valence-corrected chi connectivity index (χ0v) is 24.2. The Balaban J connectivity index is 1.56. The second kappa shape index (κ2) is 11.6. The summed E-state index contributed by atoms with van der Waals surface area (Å²) in [5.74, 6) is -0.598. The van der Waals surface area contributed by atoms with Crippen molar-refractivity contribution < 1.29 is 13.2 Å². The van der Waals surface area contributed by atoms with Crippen molar-refractivity contribution in [3.05, 3.63) is 111 Å². The maximum Gasteiger partial charge on any atom is 0.264 e. The molecule has 0 spiro atoms. The SMILES string of the molecule is Cc1ccc(N(CC(=O)N/N=C\c2cc(C)n(-c3ccc(Br)cc3)c2C)S(=O)(=O)c2ccccc2)cc1Cl. The molecule has 1 amide bonds. The Morgan fingerprint density at radius 1 is 1.03 bits per heavy atom. The zero-order valence-electron chi connectivity index (χ0n) is 21.0. The highest BCUT2D eigenvalue weighted by Crippen LogP contribution is 2.28. The molecule has 196 valence electrons. The summed E-state index contributed by atoms with van der Waals surface area (Å²) in [5.41, 5.74) is 7.32. The predicted molar refractivity (Wildman–Crippen MR) is 156 cm³/mol. The fraction of sp³-hybridized carbons (Fsp3) is 0.143. The molecule has 0 fully saturated rings. The van der Waals surface area contributed by atoms with Crippen molar-refractivity contribution in [2.75, 3.05) is 10.8 Å². The van der Waals surface area contributed by atoms with E-state index >= 15 is 0 Å². The highest BCUT2D eigenvalue weighted by molar-refractivity contribution is 9.10. The van der Waals surface area contributed by atoms with Crippen molar-refractivity contribution in [2.24, 2.45) is 5.10 Å². The number of benzene rings is 3. The molecular weight excluding hydrogens is 588 g/mol. The van der Waals surface area contributed by atoms with Gasteiger partial charge in [-0.15, -0.1) is 0 Å². The van der Waals surface area contributed by atoms with Crippen LogP contribution in [0.4, 0.5) is 5.69 Å². The summed E-state index contributed by atoms with van der Waals surface area (Å²) in [5, 5.41) is 4.50. The average molecular weight is 614 g/mol. The molecule has 7 nitrogen and oxygen atoms in total. The van der Waals surface area contributed by atoms with E-state index in [1.54, 1.807) is 36.5 Å². The zero-order chi connectivity index (χ0) is 27.4. The first kappa shape index (κ1) is 27.6. The van der Waals surface area contributed by atoms with Crippen molar-refractivity contribution in [3.63, 3.8) is 0 Å². The molecule has 0 radical (unpaired) electrons. The van der Waals surface area contributed by atoms with Gasteiger partial charge in [0.1, 0.15) is 6.54 Å². The van der Waals surface area contributed by atoms with E-state index in [1.807, 2.05) is 51.1 Å². The third-order valence-electron chi connectivity index (χ3n) is 6.01. The van der Waals surface area contributed by atoms with Crippen LogP contribution in [0.3, 0.4) is 0 Å². The first-order valence-electron chi connectivity index (χ1n) is 11.7. The van der Waals surface area contributed by atoms with E-state index in [2.05, 4.69) is 31.0 Å². The number of rotatable bonds is 8. The Kier molecular flexibility index (Phi) is 8.40.